The Labute approximate surface area is 73.3 Å². The number of thiazole rings is 1. The molecule has 0 saturated carbocycles. The molecule has 7 heteroatoms. The lowest BCUT2D eigenvalue weighted by molar-refractivity contribution is 0.561. The van der Waals surface area contributed by atoms with Crippen LogP contribution in [0.25, 0.3) is 0 Å². The van der Waals surface area contributed by atoms with E-state index in [0.717, 1.165) is 11.3 Å². The first-order valence-corrected chi connectivity index (χ1v) is 4.72. The van der Waals surface area contributed by atoms with E-state index in [-0.39, 0.29) is 13.8 Å². The van der Waals surface area contributed by atoms with Crippen LogP contribution in [0.3, 0.4) is 0 Å². The summed E-state index contributed by atoms with van der Waals surface area (Å²) >= 11 is 9.67. The van der Waals surface area contributed by atoms with Crippen LogP contribution in [-0.4, -0.2) is 13.7 Å². The van der Waals surface area contributed by atoms with E-state index in [4.69, 9.17) is 27.8 Å². The third kappa shape index (κ3) is 1.67. The predicted octanol–water partition coefficient (Wildman–Crippen LogP) is 2.03. The van der Waals surface area contributed by atoms with Gasteiger partial charge in [-0.15, -0.1) is 0 Å². The van der Waals surface area contributed by atoms with Crippen molar-refractivity contribution in [2.45, 2.75) is 5.03 Å². The van der Waals surface area contributed by atoms with E-state index < -0.39 is 11.1 Å². The lowest BCUT2D eigenvalue weighted by atomic mass is 11.0. The summed E-state index contributed by atoms with van der Waals surface area (Å²) in [4.78, 5) is 3.51. The van der Waals surface area contributed by atoms with Crippen molar-refractivity contribution in [3.63, 3.8) is 0 Å². The summed E-state index contributed by atoms with van der Waals surface area (Å²) in [6, 6.07) is 0. The van der Waals surface area contributed by atoms with E-state index in [9.17, 15) is 4.21 Å². The van der Waals surface area contributed by atoms with Crippen molar-refractivity contribution < 1.29 is 8.76 Å². The van der Waals surface area contributed by atoms with Gasteiger partial charge in [-0.25, -0.2) is 9.19 Å². The number of rotatable bonds is 1. The molecule has 0 spiro atoms. The minimum Gasteiger partial charge on any atom is -0.301 e. The second-order valence-electron chi connectivity index (χ2n) is 1.29. The van der Waals surface area contributed by atoms with Crippen molar-refractivity contribution >= 4 is 45.6 Å². The number of hydrogen-bond donors (Lipinski definition) is 1. The minimum absolute atomic E-state index is 0.0725. The molecule has 1 aromatic heterocycles. The zero-order chi connectivity index (χ0) is 7.72. The zero-order valence-corrected chi connectivity index (χ0v) is 7.52. The first-order valence-electron chi connectivity index (χ1n) is 2.04. The summed E-state index contributed by atoms with van der Waals surface area (Å²) in [7, 11) is 0. The Morgan fingerprint density at radius 1 is 1.60 bits per heavy atom. The Balaban J connectivity index is 3.15. The van der Waals surface area contributed by atoms with Gasteiger partial charge in [-0.1, -0.05) is 34.5 Å². The molecule has 0 saturated heterocycles. The molecule has 1 rings (SSSR count). The molecule has 0 bridgehead atoms. The second kappa shape index (κ2) is 3.15. The molecule has 3 nitrogen and oxygen atoms in total. The van der Waals surface area contributed by atoms with Gasteiger partial charge >= 0.3 is 0 Å². The quantitative estimate of drug-likeness (QED) is 0.733. The van der Waals surface area contributed by atoms with Crippen molar-refractivity contribution in [2.75, 3.05) is 0 Å². The predicted molar refractivity (Wildman–Crippen MR) is 41.2 cm³/mol. The molecule has 1 heterocycles. The molecule has 0 aliphatic heterocycles. The van der Waals surface area contributed by atoms with Crippen LogP contribution in [0, 0.1) is 0 Å². The van der Waals surface area contributed by atoms with Gasteiger partial charge in [-0.2, -0.15) is 0 Å². The molecular weight excluding hydrogens is 217 g/mol. The fourth-order valence-electron chi connectivity index (χ4n) is 0.372. The van der Waals surface area contributed by atoms with E-state index in [2.05, 4.69) is 4.98 Å². The normalized spacial score (nSPS) is 13.5. The highest BCUT2D eigenvalue weighted by atomic mass is 35.5. The van der Waals surface area contributed by atoms with Crippen LogP contribution >= 0.6 is 34.5 Å². The van der Waals surface area contributed by atoms with Gasteiger partial charge in [-0.3, -0.25) is 0 Å². The van der Waals surface area contributed by atoms with E-state index in [1.165, 1.54) is 0 Å². The van der Waals surface area contributed by atoms with Gasteiger partial charge in [0.2, 0.25) is 11.1 Å². The van der Waals surface area contributed by atoms with Gasteiger partial charge in [0.25, 0.3) is 0 Å². The Hall–Kier alpha value is 0.320. The van der Waals surface area contributed by atoms with Gasteiger partial charge < -0.3 is 4.55 Å². The molecule has 0 radical (unpaired) electrons. The standard InChI is InChI=1S/C3HCl2NO2S2/c4-1-2(10(7)8)6-3(5)9-1/h(H,7,8). The first-order chi connectivity index (χ1) is 4.61. The van der Waals surface area contributed by atoms with Crippen molar-refractivity contribution in [1.82, 2.24) is 4.98 Å². The van der Waals surface area contributed by atoms with Crippen LogP contribution in [0.5, 0.6) is 0 Å². The maximum atomic E-state index is 10.3. The van der Waals surface area contributed by atoms with Gasteiger partial charge in [0, 0.05) is 0 Å². The molecule has 0 aromatic carbocycles. The topological polar surface area (TPSA) is 50.2 Å². The Kier molecular flexibility index (Phi) is 2.65. The molecule has 0 fully saturated rings. The first kappa shape index (κ1) is 8.42. The molecule has 1 unspecified atom stereocenters. The van der Waals surface area contributed by atoms with Crippen LogP contribution in [-0.2, 0) is 11.1 Å². The Morgan fingerprint density at radius 3 is 2.40 bits per heavy atom. The average molecular weight is 218 g/mol. The molecule has 0 aliphatic carbocycles. The summed E-state index contributed by atoms with van der Waals surface area (Å²) in [6.45, 7) is 0. The number of aromatic nitrogens is 1. The molecule has 1 atom stereocenters. The number of nitrogens with zero attached hydrogens (tertiary/aromatic N) is 1. The summed E-state index contributed by atoms with van der Waals surface area (Å²) in [6.07, 6.45) is 0. The van der Waals surface area contributed by atoms with Crippen LogP contribution in [0.1, 0.15) is 0 Å². The lowest BCUT2D eigenvalue weighted by Gasteiger charge is -1.83. The molecule has 10 heavy (non-hydrogen) atoms. The molecule has 1 N–H and O–H groups in total. The Bertz CT molecular complexity index is 273. The lowest BCUT2D eigenvalue weighted by Crippen LogP contribution is -1.87. The van der Waals surface area contributed by atoms with Crippen LogP contribution in [0.15, 0.2) is 5.03 Å². The highest BCUT2D eigenvalue weighted by Crippen LogP contribution is 2.28. The number of hydrogen-bond acceptors (Lipinski definition) is 3. The van der Waals surface area contributed by atoms with Crippen LogP contribution in [0.2, 0.25) is 8.80 Å². The SMILES string of the molecule is O=S(O)c1nc(Cl)sc1Cl. The van der Waals surface area contributed by atoms with E-state index in [1.54, 1.807) is 0 Å². The fraction of sp³-hybridized carbons (Fsp3) is 0. The van der Waals surface area contributed by atoms with Gasteiger partial charge in [0.15, 0.2) is 9.49 Å². The maximum Gasteiger partial charge on any atom is 0.208 e. The highest BCUT2D eigenvalue weighted by Gasteiger charge is 2.12. The van der Waals surface area contributed by atoms with Gasteiger partial charge in [0.1, 0.15) is 4.34 Å². The van der Waals surface area contributed by atoms with Gasteiger partial charge in [-0.05, 0) is 0 Å². The second-order valence-corrected chi connectivity index (χ2v) is 4.36. The zero-order valence-electron chi connectivity index (χ0n) is 4.38. The summed E-state index contributed by atoms with van der Waals surface area (Å²) in [5.41, 5.74) is 0. The summed E-state index contributed by atoms with van der Waals surface area (Å²) < 4.78 is 19.2. The van der Waals surface area contributed by atoms with E-state index in [0.29, 0.717) is 0 Å². The summed E-state index contributed by atoms with van der Waals surface area (Å²) in [5.74, 6) is 0. The maximum absolute atomic E-state index is 10.3. The third-order valence-electron chi connectivity index (χ3n) is 0.697. The molecule has 1 aromatic rings. The van der Waals surface area contributed by atoms with Crippen LogP contribution in [0.4, 0.5) is 0 Å². The number of halogens is 2. The van der Waals surface area contributed by atoms with Crippen molar-refractivity contribution in [2.24, 2.45) is 0 Å². The van der Waals surface area contributed by atoms with E-state index >= 15 is 0 Å². The largest absolute Gasteiger partial charge is 0.301 e. The van der Waals surface area contributed by atoms with Crippen LogP contribution < -0.4 is 0 Å². The van der Waals surface area contributed by atoms with Crippen molar-refractivity contribution in [3.8, 4) is 0 Å². The fourth-order valence-corrected chi connectivity index (χ4v) is 2.44. The smallest absolute Gasteiger partial charge is 0.208 e. The van der Waals surface area contributed by atoms with Crippen molar-refractivity contribution in [3.05, 3.63) is 8.80 Å². The highest BCUT2D eigenvalue weighted by molar-refractivity contribution is 7.79. The van der Waals surface area contributed by atoms with E-state index in [1.807, 2.05) is 0 Å². The summed E-state index contributed by atoms with van der Waals surface area (Å²) in [5, 5.41) is -0.0725. The van der Waals surface area contributed by atoms with Gasteiger partial charge in [0.05, 0.1) is 0 Å². The minimum atomic E-state index is -2.14. The molecule has 0 amide bonds. The van der Waals surface area contributed by atoms with Crippen molar-refractivity contribution in [1.29, 1.82) is 0 Å². The molecular formula is C3HCl2NO2S2. The molecule has 56 valence electrons. The average Bonchev–Trinajstić information content (AvgIpc) is 2.10. The third-order valence-corrected chi connectivity index (χ3v) is 2.92. The molecule has 0 aliphatic rings. The monoisotopic (exact) mass is 217 g/mol. The Morgan fingerprint density at radius 2 is 2.20 bits per heavy atom.